The van der Waals surface area contributed by atoms with Gasteiger partial charge in [0.2, 0.25) is 0 Å². The first-order chi connectivity index (χ1) is 10.0. The van der Waals surface area contributed by atoms with E-state index in [0.29, 0.717) is 17.1 Å². The van der Waals surface area contributed by atoms with Crippen LogP contribution in [0, 0.1) is 5.41 Å². The fourth-order valence-corrected chi connectivity index (χ4v) is 3.48. The number of benzene rings is 1. The Balaban J connectivity index is 2.15. The fourth-order valence-electron chi connectivity index (χ4n) is 3.25. The predicted molar refractivity (Wildman–Crippen MR) is 82.7 cm³/mol. The highest BCUT2D eigenvalue weighted by Gasteiger charge is 2.37. The van der Waals surface area contributed by atoms with Gasteiger partial charge in [-0.05, 0) is 37.1 Å². The molecule has 0 spiro atoms. The number of carboxylic acids is 1. The quantitative estimate of drug-likeness (QED) is 0.848. The molecule has 1 unspecified atom stereocenters. The zero-order valence-corrected chi connectivity index (χ0v) is 13.1. The second-order valence-corrected chi connectivity index (χ2v) is 6.35. The van der Waals surface area contributed by atoms with Gasteiger partial charge in [-0.25, -0.2) is 4.79 Å². The van der Waals surface area contributed by atoms with Crippen LogP contribution in [0.25, 0.3) is 0 Å². The lowest BCUT2D eigenvalue weighted by atomic mass is 9.83. The van der Waals surface area contributed by atoms with Crippen molar-refractivity contribution < 1.29 is 15.0 Å². The van der Waals surface area contributed by atoms with E-state index in [-0.39, 0.29) is 17.6 Å². The average molecular weight is 312 g/mol. The number of aromatic carboxylic acids is 1. The predicted octanol–water partition coefficient (Wildman–Crippen LogP) is 3.02. The molecule has 1 fully saturated rings. The van der Waals surface area contributed by atoms with E-state index in [1.807, 2.05) is 0 Å². The van der Waals surface area contributed by atoms with Gasteiger partial charge in [0, 0.05) is 30.1 Å². The van der Waals surface area contributed by atoms with Crippen LogP contribution in [0.3, 0.4) is 0 Å². The topological polar surface area (TPSA) is 60.8 Å². The molecule has 0 bridgehead atoms. The largest absolute Gasteiger partial charge is 0.478 e. The van der Waals surface area contributed by atoms with E-state index >= 15 is 0 Å². The number of aliphatic hydroxyl groups is 1. The summed E-state index contributed by atoms with van der Waals surface area (Å²) in [6, 6.07) is 4.98. The van der Waals surface area contributed by atoms with Crippen LogP contribution in [0.5, 0.6) is 0 Å². The molecule has 1 aliphatic rings. The van der Waals surface area contributed by atoms with E-state index < -0.39 is 5.97 Å². The summed E-state index contributed by atoms with van der Waals surface area (Å²) in [5.41, 5.74) is 0.885. The first kappa shape index (κ1) is 16.3. The number of halogens is 1. The molecule has 2 N–H and O–H groups in total. The van der Waals surface area contributed by atoms with Crippen molar-refractivity contribution >= 4 is 17.6 Å². The minimum Gasteiger partial charge on any atom is -0.478 e. The zero-order chi connectivity index (χ0) is 15.5. The van der Waals surface area contributed by atoms with E-state index in [1.165, 1.54) is 0 Å². The number of rotatable bonds is 6. The van der Waals surface area contributed by atoms with Crippen LogP contribution in [-0.2, 0) is 6.54 Å². The molecule has 0 saturated carbocycles. The number of nitrogens with zero attached hydrogens (tertiary/aromatic N) is 1. The lowest BCUT2D eigenvalue weighted by Gasteiger charge is -2.27. The first-order valence-corrected chi connectivity index (χ1v) is 7.73. The van der Waals surface area contributed by atoms with Gasteiger partial charge < -0.3 is 10.2 Å². The van der Waals surface area contributed by atoms with Crippen LogP contribution in [0.1, 0.15) is 42.1 Å². The summed E-state index contributed by atoms with van der Waals surface area (Å²) < 4.78 is 0. The lowest BCUT2D eigenvalue weighted by Crippen LogP contribution is -2.30. The summed E-state index contributed by atoms with van der Waals surface area (Å²) >= 11 is 6.18. The standard InChI is InChI=1S/C16H22ClNO3/c1-2-6-16(11-19)7-8-18(10-16)9-13-12(15(20)21)4-3-5-14(13)17/h3-5,19H,2,6-11H2,1H3,(H,20,21). The average Bonchev–Trinajstić information content (AvgIpc) is 2.85. The maximum Gasteiger partial charge on any atom is 0.336 e. The van der Waals surface area contributed by atoms with Gasteiger partial charge in [0.1, 0.15) is 0 Å². The minimum absolute atomic E-state index is 0.0423. The van der Waals surface area contributed by atoms with E-state index in [9.17, 15) is 15.0 Å². The fraction of sp³-hybridized carbons (Fsp3) is 0.562. The molecule has 116 valence electrons. The molecule has 0 aliphatic carbocycles. The number of likely N-dealkylation sites (tertiary alicyclic amines) is 1. The van der Waals surface area contributed by atoms with Gasteiger partial charge in [-0.2, -0.15) is 0 Å². The minimum atomic E-state index is -0.950. The van der Waals surface area contributed by atoms with E-state index in [4.69, 9.17) is 11.6 Å². The molecule has 1 heterocycles. The summed E-state index contributed by atoms with van der Waals surface area (Å²) in [5.74, 6) is -0.950. The monoisotopic (exact) mass is 311 g/mol. The summed E-state index contributed by atoms with van der Waals surface area (Å²) in [5, 5.41) is 19.5. The number of carboxylic acid groups (broad SMARTS) is 1. The highest BCUT2D eigenvalue weighted by Crippen LogP contribution is 2.36. The summed E-state index contributed by atoms with van der Waals surface area (Å²) in [7, 11) is 0. The first-order valence-electron chi connectivity index (χ1n) is 7.35. The molecule has 0 aromatic heterocycles. The Morgan fingerprint density at radius 1 is 1.48 bits per heavy atom. The van der Waals surface area contributed by atoms with Gasteiger partial charge >= 0.3 is 5.97 Å². The van der Waals surface area contributed by atoms with E-state index in [0.717, 1.165) is 32.4 Å². The van der Waals surface area contributed by atoms with Crippen LogP contribution in [0.4, 0.5) is 0 Å². The van der Waals surface area contributed by atoms with Crippen molar-refractivity contribution in [3.63, 3.8) is 0 Å². The normalized spacial score (nSPS) is 22.6. The molecular formula is C16H22ClNO3. The second-order valence-electron chi connectivity index (χ2n) is 5.94. The van der Waals surface area contributed by atoms with Crippen molar-refractivity contribution in [2.75, 3.05) is 19.7 Å². The highest BCUT2D eigenvalue weighted by molar-refractivity contribution is 6.31. The highest BCUT2D eigenvalue weighted by atomic mass is 35.5. The van der Waals surface area contributed by atoms with Crippen LogP contribution in [0.2, 0.25) is 5.02 Å². The molecule has 2 rings (SSSR count). The van der Waals surface area contributed by atoms with Crippen molar-refractivity contribution in [1.82, 2.24) is 4.90 Å². The van der Waals surface area contributed by atoms with Gasteiger partial charge in [0.25, 0.3) is 0 Å². The Morgan fingerprint density at radius 2 is 2.24 bits per heavy atom. The molecule has 1 saturated heterocycles. The van der Waals surface area contributed by atoms with Crippen LogP contribution in [-0.4, -0.2) is 40.8 Å². The number of hydrogen-bond donors (Lipinski definition) is 2. The van der Waals surface area contributed by atoms with Gasteiger partial charge in [0.15, 0.2) is 0 Å². The van der Waals surface area contributed by atoms with Gasteiger partial charge in [-0.15, -0.1) is 0 Å². The zero-order valence-electron chi connectivity index (χ0n) is 12.3. The Hall–Kier alpha value is -1.10. The van der Waals surface area contributed by atoms with Gasteiger partial charge in [0.05, 0.1) is 5.56 Å². The Kier molecular flexibility index (Phi) is 5.25. The Morgan fingerprint density at radius 3 is 2.86 bits per heavy atom. The third-order valence-corrected chi connectivity index (χ3v) is 4.72. The Labute approximate surface area is 130 Å². The molecule has 0 radical (unpaired) electrons. The SMILES string of the molecule is CCCC1(CO)CCN(Cc2c(Cl)cccc2C(=O)O)C1. The third-order valence-electron chi connectivity index (χ3n) is 4.36. The lowest BCUT2D eigenvalue weighted by molar-refractivity contribution is 0.0694. The third kappa shape index (κ3) is 3.57. The molecule has 5 heteroatoms. The molecule has 1 atom stereocenters. The molecule has 1 aliphatic heterocycles. The van der Waals surface area contributed by atoms with Gasteiger partial charge in [-0.1, -0.05) is 31.0 Å². The molecule has 1 aromatic carbocycles. The summed E-state index contributed by atoms with van der Waals surface area (Å²) in [6.07, 6.45) is 2.99. The molecule has 1 aromatic rings. The van der Waals surface area contributed by atoms with Crippen LogP contribution in [0.15, 0.2) is 18.2 Å². The number of aliphatic hydroxyl groups excluding tert-OH is 1. The van der Waals surface area contributed by atoms with Crippen molar-refractivity contribution in [2.24, 2.45) is 5.41 Å². The van der Waals surface area contributed by atoms with Crippen molar-refractivity contribution in [1.29, 1.82) is 0 Å². The van der Waals surface area contributed by atoms with E-state index in [1.54, 1.807) is 18.2 Å². The summed E-state index contributed by atoms with van der Waals surface area (Å²) in [6.45, 7) is 4.49. The Bertz CT molecular complexity index is 520. The maximum absolute atomic E-state index is 11.3. The molecule has 0 amide bonds. The van der Waals surface area contributed by atoms with Crippen LogP contribution < -0.4 is 0 Å². The molecule has 4 nitrogen and oxygen atoms in total. The molecule has 21 heavy (non-hydrogen) atoms. The van der Waals surface area contributed by atoms with Crippen LogP contribution >= 0.6 is 11.6 Å². The van der Waals surface area contributed by atoms with Crippen molar-refractivity contribution in [3.8, 4) is 0 Å². The van der Waals surface area contributed by atoms with Gasteiger partial charge in [-0.3, -0.25) is 4.90 Å². The van der Waals surface area contributed by atoms with Crippen molar-refractivity contribution in [3.05, 3.63) is 34.3 Å². The van der Waals surface area contributed by atoms with E-state index in [2.05, 4.69) is 11.8 Å². The smallest absolute Gasteiger partial charge is 0.336 e. The number of hydrogen-bond acceptors (Lipinski definition) is 3. The molecular weight excluding hydrogens is 290 g/mol. The number of carbonyl (C=O) groups is 1. The van der Waals surface area contributed by atoms with Crippen molar-refractivity contribution in [2.45, 2.75) is 32.7 Å². The second kappa shape index (κ2) is 6.77. The maximum atomic E-state index is 11.3. The summed E-state index contributed by atoms with van der Waals surface area (Å²) in [4.78, 5) is 13.5.